The van der Waals surface area contributed by atoms with Crippen molar-refractivity contribution in [3.05, 3.63) is 59.7 Å². The lowest BCUT2D eigenvalue weighted by atomic mass is 9.98. The van der Waals surface area contributed by atoms with E-state index >= 15 is 0 Å². The lowest BCUT2D eigenvalue weighted by Gasteiger charge is -2.21. The Morgan fingerprint density at radius 1 is 1.00 bits per heavy atom. The first-order valence-electron chi connectivity index (χ1n) is 11.6. The number of carbonyl (C=O) groups excluding carboxylic acids is 2. The van der Waals surface area contributed by atoms with Gasteiger partial charge in [0.15, 0.2) is 0 Å². The molecule has 2 aromatic carbocycles. The lowest BCUT2D eigenvalue weighted by molar-refractivity contribution is -0.142. The number of nitrogens with one attached hydrogen (secondary N) is 2. The van der Waals surface area contributed by atoms with Crippen LogP contribution in [0.3, 0.4) is 0 Å². The minimum atomic E-state index is -3.04. The number of benzene rings is 2. The Morgan fingerprint density at radius 2 is 1.57 bits per heavy atom. The zero-order valence-corrected chi connectivity index (χ0v) is 19.7. The molecule has 3 unspecified atom stereocenters. The Morgan fingerprint density at radius 3 is 2.09 bits per heavy atom. The van der Waals surface area contributed by atoms with Crippen molar-refractivity contribution in [2.24, 2.45) is 5.92 Å². The van der Waals surface area contributed by atoms with E-state index in [1.54, 1.807) is 0 Å². The van der Waals surface area contributed by atoms with Crippen LogP contribution < -0.4 is 10.6 Å². The summed E-state index contributed by atoms with van der Waals surface area (Å²) < 4.78 is 32.4. The minimum absolute atomic E-state index is 0.0289. The van der Waals surface area contributed by atoms with Crippen LogP contribution in [0.2, 0.25) is 0 Å². The van der Waals surface area contributed by atoms with Crippen LogP contribution >= 0.6 is 0 Å². The van der Waals surface area contributed by atoms with Gasteiger partial charge in [-0.15, -0.1) is 0 Å². The summed E-state index contributed by atoms with van der Waals surface area (Å²) in [6.07, 6.45) is -4.00. The second-order valence-corrected chi connectivity index (χ2v) is 8.82. The first-order valence-corrected chi connectivity index (χ1v) is 11.6. The summed E-state index contributed by atoms with van der Waals surface area (Å²) in [5.41, 5.74) is 4.02. The molecule has 1 aliphatic carbocycles. The van der Waals surface area contributed by atoms with Crippen molar-refractivity contribution < 1.29 is 33.0 Å². The number of aliphatic carboxylic acids is 1. The molecule has 9 heteroatoms. The van der Waals surface area contributed by atoms with Crippen LogP contribution in [0.1, 0.15) is 50.2 Å². The summed E-state index contributed by atoms with van der Waals surface area (Å²) in [6, 6.07) is 12.4. The van der Waals surface area contributed by atoms with Gasteiger partial charge < -0.3 is 20.5 Å². The molecule has 0 bridgehead atoms. The quantitative estimate of drug-likeness (QED) is 0.430. The molecule has 0 saturated carbocycles. The number of rotatable bonds is 11. The molecule has 0 spiro atoms. The molecule has 0 heterocycles. The molecule has 35 heavy (non-hydrogen) atoms. The third-order valence-corrected chi connectivity index (χ3v) is 6.32. The molecule has 0 aromatic heterocycles. The van der Waals surface area contributed by atoms with Gasteiger partial charge in [0.25, 0.3) is 6.43 Å². The van der Waals surface area contributed by atoms with E-state index in [1.807, 2.05) is 62.4 Å². The molecule has 0 fully saturated rings. The SMILES string of the molecule is CCC(C)CC(NC(=O)CC(NC(=O)OCC1c2ccccc2-c2ccccc21)C(F)F)C(=O)O. The molecule has 188 valence electrons. The standard InChI is InChI=1S/C26H30F2N2O5/c1-3-15(2)12-22(25(32)33)29-23(31)13-21(24(27)28)30-26(34)35-14-20-18-10-6-4-8-16(18)17-9-5-7-11-19(17)20/h4-11,15,20-22,24H,3,12-14H2,1-2H3,(H,29,31)(H,30,34)(H,32,33). The Hall–Kier alpha value is -3.49. The highest BCUT2D eigenvalue weighted by molar-refractivity contribution is 5.84. The van der Waals surface area contributed by atoms with Crippen LogP contribution in [0.4, 0.5) is 13.6 Å². The molecule has 0 radical (unpaired) electrons. The van der Waals surface area contributed by atoms with E-state index in [0.717, 1.165) is 22.3 Å². The predicted molar refractivity (Wildman–Crippen MR) is 126 cm³/mol. The average molecular weight is 489 g/mol. The number of ether oxygens (including phenoxy) is 1. The minimum Gasteiger partial charge on any atom is -0.480 e. The molecular formula is C26H30F2N2O5. The summed E-state index contributed by atoms with van der Waals surface area (Å²) >= 11 is 0. The number of hydrogen-bond acceptors (Lipinski definition) is 4. The van der Waals surface area contributed by atoms with E-state index < -0.39 is 42.9 Å². The molecule has 3 N–H and O–H groups in total. The van der Waals surface area contributed by atoms with E-state index in [-0.39, 0.29) is 24.9 Å². The Bertz CT molecular complexity index is 1020. The van der Waals surface area contributed by atoms with E-state index in [0.29, 0.717) is 6.42 Å². The second-order valence-electron chi connectivity index (χ2n) is 8.82. The van der Waals surface area contributed by atoms with Gasteiger partial charge in [-0.2, -0.15) is 0 Å². The van der Waals surface area contributed by atoms with Gasteiger partial charge in [-0.3, -0.25) is 4.79 Å². The molecule has 0 aliphatic heterocycles. The van der Waals surface area contributed by atoms with Crippen LogP contribution in [-0.4, -0.2) is 48.2 Å². The van der Waals surface area contributed by atoms with Crippen molar-refractivity contribution >= 4 is 18.0 Å². The van der Waals surface area contributed by atoms with E-state index in [1.165, 1.54) is 0 Å². The number of amides is 2. The zero-order chi connectivity index (χ0) is 25.5. The number of carboxylic acids is 1. The van der Waals surface area contributed by atoms with Crippen molar-refractivity contribution in [1.29, 1.82) is 0 Å². The lowest BCUT2D eigenvalue weighted by Crippen LogP contribution is -2.47. The van der Waals surface area contributed by atoms with E-state index in [4.69, 9.17) is 4.74 Å². The maximum Gasteiger partial charge on any atom is 0.407 e. The van der Waals surface area contributed by atoms with E-state index in [9.17, 15) is 28.3 Å². The van der Waals surface area contributed by atoms with Gasteiger partial charge >= 0.3 is 12.1 Å². The first-order chi connectivity index (χ1) is 16.7. The molecule has 2 aromatic rings. The van der Waals surface area contributed by atoms with Crippen molar-refractivity contribution in [1.82, 2.24) is 10.6 Å². The number of alkyl halides is 2. The van der Waals surface area contributed by atoms with Crippen LogP contribution in [0.5, 0.6) is 0 Å². The fourth-order valence-corrected chi connectivity index (χ4v) is 4.24. The van der Waals surface area contributed by atoms with Gasteiger partial charge in [0.05, 0.1) is 6.42 Å². The molecule has 3 rings (SSSR count). The van der Waals surface area contributed by atoms with Gasteiger partial charge in [0.2, 0.25) is 5.91 Å². The maximum atomic E-state index is 13.5. The number of carboxylic acid groups (broad SMARTS) is 1. The number of alkyl carbamates (subject to hydrolysis) is 1. The van der Waals surface area contributed by atoms with Gasteiger partial charge in [0.1, 0.15) is 18.7 Å². The molecule has 7 nitrogen and oxygen atoms in total. The fraction of sp³-hybridized carbons (Fsp3) is 0.423. The van der Waals surface area contributed by atoms with Crippen molar-refractivity contribution in [3.8, 4) is 11.1 Å². The van der Waals surface area contributed by atoms with Crippen LogP contribution in [0.15, 0.2) is 48.5 Å². The van der Waals surface area contributed by atoms with Crippen molar-refractivity contribution in [3.63, 3.8) is 0 Å². The highest BCUT2D eigenvalue weighted by Crippen LogP contribution is 2.44. The van der Waals surface area contributed by atoms with Gasteiger partial charge in [-0.25, -0.2) is 18.4 Å². The molecule has 2 amide bonds. The van der Waals surface area contributed by atoms with Gasteiger partial charge in [-0.05, 0) is 34.6 Å². The smallest absolute Gasteiger partial charge is 0.407 e. The van der Waals surface area contributed by atoms with Crippen molar-refractivity contribution in [2.75, 3.05) is 6.61 Å². The molecule has 0 saturated heterocycles. The Labute approximate surface area is 202 Å². The normalized spacial score (nSPS) is 15.0. The third kappa shape index (κ3) is 6.55. The van der Waals surface area contributed by atoms with Gasteiger partial charge in [-0.1, -0.05) is 68.8 Å². The number of hydrogen-bond donors (Lipinski definition) is 3. The van der Waals surface area contributed by atoms with E-state index in [2.05, 4.69) is 10.6 Å². The maximum absolute atomic E-state index is 13.5. The number of fused-ring (bicyclic) bond motifs is 3. The van der Waals surface area contributed by atoms with Crippen LogP contribution in [0, 0.1) is 5.92 Å². The fourth-order valence-electron chi connectivity index (χ4n) is 4.24. The highest BCUT2D eigenvalue weighted by Gasteiger charge is 2.31. The van der Waals surface area contributed by atoms with Gasteiger partial charge in [0, 0.05) is 5.92 Å². The molecule has 1 aliphatic rings. The average Bonchev–Trinajstić information content (AvgIpc) is 3.15. The summed E-state index contributed by atoms with van der Waals surface area (Å²) in [6.45, 7) is 3.66. The largest absolute Gasteiger partial charge is 0.480 e. The topological polar surface area (TPSA) is 105 Å². The molecular weight excluding hydrogens is 458 g/mol. The second kappa shape index (κ2) is 11.8. The summed E-state index contributed by atoms with van der Waals surface area (Å²) in [4.78, 5) is 36.0. The van der Waals surface area contributed by atoms with Crippen molar-refractivity contribution in [2.45, 2.75) is 57.5 Å². The zero-order valence-electron chi connectivity index (χ0n) is 19.7. The summed E-state index contributed by atoms with van der Waals surface area (Å²) in [7, 11) is 0. The summed E-state index contributed by atoms with van der Waals surface area (Å²) in [5.74, 6) is -2.33. The highest BCUT2D eigenvalue weighted by atomic mass is 19.3. The Kier molecular flexibility index (Phi) is 8.78. The predicted octanol–water partition coefficient (Wildman–Crippen LogP) is 4.55. The van der Waals surface area contributed by atoms with Crippen LogP contribution in [0.25, 0.3) is 11.1 Å². The monoisotopic (exact) mass is 488 g/mol. The molecule has 3 atom stereocenters. The first kappa shape index (κ1) is 26.1. The summed E-state index contributed by atoms with van der Waals surface area (Å²) in [5, 5.41) is 13.6. The van der Waals surface area contributed by atoms with Crippen LogP contribution in [-0.2, 0) is 14.3 Å². The number of halogens is 2. The number of carbonyl (C=O) groups is 3. The third-order valence-electron chi connectivity index (χ3n) is 6.32. The Balaban J connectivity index is 1.59.